The maximum absolute atomic E-state index is 12.7. The van der Waals surface area contributed by atoms with Gasteiger partial charge in [-0.3, -0.25) is 9.59 Å². The number of hydrogen-bond donors (Lipinski definition) is 2. The zero-order valence-electron chi connectivity index (χ0n) is 19.9. The minimum absolute atomic E-state index is 0.0290. The summed E-state index contributed by atoms with van der Waals surface area (Å²) < 4.78 is 11.2. The summed E-state index contributed by atoms with van der Waals surface area (Å²) in [5, 5.41) is 12.0. The van der Waals surface area contributed by atoms with Crippen LogP contribution in [0.1, 0.15) is 43.2 Å². The van der Waals surface area contributed by atoms with Gasteiger partial charge >= 0.3 is 12.1 Å². The van der Waals surface area contributed by atoms with Crippen LogP contribution in [0.25, 0.3) is 11.1 Å². The molecule has 2 N–H and O–H groups in total. The molecule has 0 radical (unpaired) electrons. The third-order valence-corrected chi connectivity index (χ3v) is 6.75. The van der Waals surface area contributed by atoms with Crippen LogP contribution in [0.3, 0.4) is 0 Å². The van der Waals surface area contributed by atoms with E-state index in [1.807, 2.05) is 31.2 Å². The van der Waals surface area contributed by atoms with Crippen LogP contribution >= 0.6 is 0 Å². The summed E-state index contributed by atoms with van der Waals surface area (Å²) >= 11 is 0. The third-order valence-electron chi connectivity index (χ3n) is 6.75. The normalized spacial score (nSPS) is 17.9. The van der Waals surface area contributed by atoms with Crippen molar-refractivity contribution in [2.45, 2.75) is 38.2 Å². The number of nitrogens with zero attached hydrogens (tertiary/aromatic N) is 1. The number of carbonyl (C=O) groups excluding carboxylic acids is 2. The van der Waals surface area contributed by atoms with E-state index in [0.29, 0.717) is 26.0 Å². The highest BCUT2D eigenvalue weighted by Crippen LogP contribution is 2.44. The Morgan fingerprint density at radius 2 is 1.74 bits per heavy atom. The number of fused-ring (bicyclic) bond motifs is 3. The fraction of sp³-hybridized carbons (Fsp3) is 0.444. The van der Waals surface area contributed by atoms with E-state index in [1.165, 1.54) is 0 Å². The summed E-state index contributed by atoms with van der Waals surface area (Å²) in [5.41, 5.74) is 4.60. The number of rotatable bonds is 9. The number of ether oxygens (including phenoxy) is 2. The van der Waals surface area contributed by atoms with Crippen LogP contribution in [-0.4, -0.2) is 66.9 Å². The zero-order valence-corrected chi connectivity index (χ0v) is 19.9. The number of aliphatic carboxylic acids is 1. The molecule has 1 heterocycles. The van der Waals surface area contributed by atoms with Crippen molar-refractivity contribution < 1.29 is 29.0 Å². The van der Waals surface area contributed by atoms with Crippen LogP contribution in [0.5, 0.6) is 0 Å². The lowest BCUT2D eigenvalue weighted by Gasteiger charge is -2.31. The molecule has 0 spiro atoms. The van der Waals surface area contributed by atoms with E-state index in [2.05, 4.69) is 29.6 Å². The number of amides is 2. The summed E-state index contributed by atoms with van der Waals surface area (Å²) in [6.45, 7) is 3.32. The number of carboxylic acid groups (broad SMARTS) is 1. The highest BCUT2D eigenvalue weighted by Gasteiger charge is 2.31. The van der Waals surface area contributed by atoms with Crippen molar-refractivity contribution in [2.24, 2.45) is 5.92 Å². The Morgan fingerprint density at radius 3 is 2.37 bits per heavy atom. The van der Waals surface area contributed by atoms with Gasteiger partial charge in [0.05, 0.1) is 18.4 Å². The van der Waals surface area contributed by atoms with E-state index in [9.17, 15) is 19.5 Å². The van der Waals surface area contributed by atoms with Crippen LogP contribution in [0.4, 0.5) is 4.79 Å². The molecule has 1 aliphatic heterocycles. The first-order valence-electron chi connectivity index (χ1n) is 12.2. The van der Waals surface area contributed by atoms with Crippen LogP contribution in [0.15, 0.2) is 48.5 Å². The lowest BCUT2D eigenvalue weighted by molar-refractivity contribution is -0.146. The summed E-state index contributed by atoms with van der Waals surface area (Å²) in [6.07, 6.45) is 0.243. The van der Waals surface area contributed by atoms with E-state index >= 15 is 0 Å². The van der Waals surface area contributed by atoms with Crippen molar-refractivity contribution in [3.05, 3.63) is 59.7 Å². The van der Waals surface area contributed by atoms with Gasteiger partial charge in [-0.05, 0) is 42.0 Å². The molecular formula is C27H32N2O6. The minimum atomic E-state index is -0.874. The molecule has 1 saturated heterocycles. The number of likely N-dealkylation sites (tertiary alicyclic amines) is 1. The molecule has 2 amide bonds. The Labute approximate surface area is 205 Å². The SMILES string of the molecule is CCOC(CNC(=O)OCC1c2ccccc2-c2ccccc21)CC(=O)N1CCC[C@H](C(=O)O)C1. The molecule has 1 aliphatic carbocycles. The van der Waals surface area contributed by atoms with Crippen LogP contribution in [0.2, 0.25) is 0 Å². The van der Waals surface area contributed by atoms with Gasteiger partial charge in [0, 0.05) is 32.2 Å². The number of carboxylic acids is 1. The molecule has 8 nitrogen and oxygen atoms in total. The third kappa shape index (κ3) is 5.82. The Balaban J connectivity index is 1.29. The summed E-state index contributed by atoms with van der Waals surface area (Å²) in [5.74, 6) is -1.60. The van der Waals surface area contributed by atoms with E-state index in [-0.39, 0.29) is 37.9 Å². The Morgan fingerprint density at radius 1 is 1.09 bits per heavy atom. The predicted octanol–water partition coefficient (Wildman–Crippen LogP) is 3.64. The van der Waals surface area contributed by atoms with Crippen molar-refractivity contribution in [1.82, 2.24) is 10.2 Å². The van der Waals surface area contributed by atoms with E-state index in [0.717, 1.165) is 22.3 Å². The number of piperidine rings is 1. The first kappa shape index (κ1) is 24.7. The lowest BCUT2D eigenvalue weighted by atomic mass is 9.98. The molecule has 2 aliphatic rings. The Hall–Kier alpha value is -3.39. The second kappa shape index (κ2) is 11.4. The molecule has 2 atom stereocenters. The topological polar surface area (TPSA) is 105 Å². The highest BCUT2D eigenvalue weighted by molar-refractivity contribution is 5.80. The quantitative estimate of drug-likeness (QED) is 0.568. The number of nitrogens with one attached hydrogen (secondary N) is 1. The molecule has 4 rings (SSSR count). The first-order valence-corrected chi connectivity index (χ1v) is 12.2. The van der Waals surface area contributed by atoms with Gasteiger partial charge in [-0.25, -0.2) is 4.79 Å². The molecular weight excluding hydrogens is 448 g/mol. The maximum Gasteiger partial charge on any atom is 0.407 e. The molecule has 35 heavy (non-hydrogen) atoms. The fourth-order valence-corrected chi connectivity index (χ4v) is 5.00. The lowest BCUT2D eigenvalue weighted by Crippen LogP contribution is -2.45. The smallest absolute Gasteiger partial charge is 0.407 e. The average Bonchev–Trinajstić information content (AvgIpc) is 3.20. The summed E-state index contributed by atoms with van der Waals surface area (Å²) in [7, 11) is 0. The predicted molar refractivity (Wildman–Crippen MR) is 130 cm³/mol. The van der Waals surface area contributed by atoms with Gasteiger partial charge in [-0.2, -0.15) is 0 Å². The van der Waals surface area contributed by atoms with Crippen molar-refractivity contribution in [3.8, 4) is 11.1 Å². The van der Waals surface area contributed by atoms with Crippen molar-refractivity contribution >= 4 is 18.0 Å². The molecule has 186 valence electrons. The molecule has 0 aromatic heterocycles. The number of alkyl carbamates (subject to hydrolysis) is 1. The summed E-state index contributed by atoms with van der Waals surface area (Å²) in [4.78, 5) is 38.1. The zero-order chi connectivity index (χ0) is 24.8. The average molecular weight is 481 g/mol. The van der Waals surface area contributed by atoms with Crippen molar-refractivity contribution in [3.63, 3.8) is 0 Å². The Bertz CT molecular complexity index is 1030. The molecule has 2 aromatic carbocycles. The highest BCUT2D eigenvalue weighted by atomic mass is 16.5. The van der Waals surface area contributed by atoms with Gasteiger partial charge in [-0.15, -0.1) is 0 Å². The number of hydrogen-bond acceptors (Lipinski definition) is 5. The van der Waals surface area contributed by atoms with Crippen LogP contribution in [0, 0.1) is 5.92 Å². The standard InChI is InChI=1S/C27H32N2O6/c1-2-34-19(14-25(30)29-13-7-8-18(16-29)26(31)32)15-28-27(33)35-17-24-22-11-5-3-9-20(22)21-10-4-6-12-23(21)24/h3-6,9-12,18-19,24H,2,7-8,13-17H2,1H3,(H,28,33)(H,31,32)/t18-,19?/m0/s1. The van der Waals surface area contributed by atoms with Gasteiger partial charge in [0.15, 0.2) is 0 Å². The maximum atomic E-state index is 12.7. The van der Waals surface area contributed by atoms with Crippen molar-refractivity contribution in [1.29, 1.82) is 0 Å². The van der Waals surface area contributed by atoms with Crippen molar-refractivity contribution in [2.75, 3.05) is 32.8 Å². The van der Waals surface area contributed by atoms with Gasteiger partial charge in [0.1, 0.15) is 6.61 Å². The van der Waals surface area contributed by atoms with E-state index in [4.69, 9.17) is 9.47 Å². The molecule has 2 aromatic rings. The Kier molecular flexibility index (Phi) is 8.02. The molecule has 1 fully saturated rings. The van der Waals surface area contributed by atoms with Gasteiger partial charge < -0.3 is 24.8 Å². The second-order valence-electron chi connectivity index (χ2n) is 9.01. The van der Waals surface area contributed by atoms with Crippen LogP contribution < -0.4 is 5.32 Å². The van der Waals surface area contributed by atoms with Gasteiger partial charge in [0.25, 0.3) is 0 Å². The van der Waals surface area contributed by atoms with E-state index < -0.39 is 24.1 Å². The largest absolute Gasteiger partial charge is 0.481 e. The minimum Gasteiger partial charge on any atom is -0.481 e. The first-order chi connectivity index (χ1) is 17.0. The molecule has 0 bridgehead atoms. The number of carbonyl (C=O) groups is 3. The second-order valence-corrected chi connectivity index (χ2v) is 9.01. The molecule has 0 saturated carbocycles. The van der Waals surface area contributed by atoms with Crippen LogP contribution in [-0.2, 0) is 19.1 Å². The van der Waals surface area contributed by atoms with E-state index in [1.54, 1.807) is 4.90 Å². The van der Waals surface area contributed by atoms with Gasteiger partial charge in [-0.1, -0.05) is 48.5 Å². The number of benzene rings is 2. The monoisotopic (exact) mass is 480 g/mol. The molecule has 8 heteroatoms. The molecule has 1 unspecified atom stereocenters. The fourth-order valence-electron chi connectivity index (χ4n) is 5.00. The summed E-state index contributed by atoms with van der Waals surface area (Å²) in [6, 6.07) is 16.3. The van der Waals surface area contributed by atoms with Gasteiger partial charge in [0.2, 0.25) is 5.91 Å².